The number of rotatable bonds is 6. The lowest BCUT2D eigenvalue weighted by molar-refractivity contribution is 0.0736. The van der Waals surface area contributed by atoms with Gasteiger partial charge >= 0.3 is 0 Å². The Hall–Kier alpha value is -3.93. The second-order valence-electron chi connectivity index (χ2n) is 8.13. The van der Waals surface area contributed by atoms with Gasteiger partial charge in [0.25, 0.3) is 5.91 Å². The number of aromatic nitrogens is 4. The Labute approximate surface area is 186 Å². The number of aryl methyl sites for hydroxylation is 2. The zero-order valence-electron chi connectivity index (χ0n) is 18.2. The summed E-state index contributed by atoms with van der Waals surface area (Å²) in [5.41, 5.74) is 5.53. The minimum Gasteiger partial charge on any atom is -0.361 e. The summed E-state index contributed by atoms with van der Waals surface area (Å²) in [7, 11) is 1.92. The maximum atomic E-state index is 13.6. The predicted octanol–water partition coefficient (Wildman–Crippen LogP) is 4.64. The zero-order chi connectivity index (χ0) is 22.1. The van der Waals surface area contributed by atoms with E-state index in [9.17, 15) is 4.79 Å². The van der Waals surface area contributed by atoms with Gasteiger partial charge in [-0.1, -0.05) is 42.5 Å². The van der Waals surface area contributed by atoms with Crippen molar-refractivity contribution < 1.29 is 4.79 Å². The summed E-state index contributed by atoms with van der Waals surface area (Å²) in [6.45, 7) is 3.03. The number of amides is 1. The molecule has 3 aromatic heterocycles. The molecular weight excluding hydrogens is 398 g/mol. The first-order valence-electron chi connectivity index (χ1n) is 10.8. The molecular formula is C26H25N5O. The highest BCUT2D eigenvalue weighted by molar-refractivity contribution is 5.95. The number of nitrogens with zero attached hydrogens (tertiary/aromatic N) is 4. The third-order valence-electron chi connectivity index (χ3n) is 5.88. The summed E-state index contributed by atoms with van der Waals surface area (Å²) >= 11 is 0. The van der Waals surface area contributed by atoms with E-state index in [-0.39, 0.29) is 5.91 Å². The van der Waals surface area contributed by atoms with E-state index in [1.807, 2.05) is 84.3 Å². The first-order chi connectivity index (χ1) is 15.6. The van der Waals surface area contributed by atoms with E-state index >= 15 is 0 Å². The van der Waals surface area contributed by atoms with Crippen molar-refractivity contribution in [1.82, 2.24) is 24.6 Å². The molecule has 32 heavy (non-hydrogen) atoms. The minimum atomic E-state index is -0.0746. The maximum absolute atomic E-state index is 13.6. The monoisotopic (exact) mass is 423 g/mol. The number of pyridine rings is 1. The summed E-state index contributed by atoms with van der Waals surface area (Å²) < 4.78 is 1.84. The van der Waals surface area contributed by atoms with Crippen LogP contribution < -0.4 is 0 Å². The highest BCUT2D eigenvalue weighted by atomic mass is 16.2. The van der Waals surface area contributed by atoms with Crippen molar-refractivity contribution in [2.24, 2.45) is 7.05 Å². The second-order valence-corrected chi connectivity index (χ2v) is 8.13. The van der Waals surface area contributed by atoms with E-state index in [0.29, 0.717) is 18.8 Å². The first-order valence-corrected chi connectivity index (χ1v) is 10.8. The van der Waals surface area contributed by atoms with Gasteiger partial charge in [-0.05, 0) is 43.2 Å². The Morgan fingerprint density at radius 3 is 2.72 bits per heavy atom. The number of fused-ring (bicyclic) bond motifs is 2. The number of carbonyl (C=O) groups is 1. The third-order valence-corrected chi connectivity index (χ3v) is 5.88. The smallest absolute Gasteiger partial charge is 0.272 e. The predicted molar refractivity (Wildman–Crippen MR) is 126 cm³/mol. The summed E-state index contributed by atoms with van der Waals surface area (Å²) in [5, 5.41) is 6.67. The van der Waals surface area contributed by atoms with E-state index in [4.69, 9.17) is 0 Å². The average Bonchev–Trinajstić information content (AvgIpc) is 3.37. The molecule has 0 unspecified atom stereocenters. The number of hydrogen-bond donors (Lipinski definition) is 1. The molecule has 0 aliphatic carbocycles. The van der Waals surface area contributed by atoms with E-state index in [0.717, 1.165) is 34.2 Å². The number of nitrogens with one attached hydrogen (secondary N) is 1. The van der Waals surface area contributed by atoms with Crippen molar-refractivity contribution in [2.75, 3.05) is 6.54 Å². The van der Waals surface area contributed by atoms with Gasteiger partial charge in [-0.2, -0.15) is 5.10 Å². The van der Waals surface area contributed by atoms with Crippen molar-refractivity contribution in [3.05, 3.63) is 95.6 Å². The molecule has 0 radical (unpaired) electrons. The SMILES string of the molecule is Cc1cc(CN(CCc2c[nH]c3ccccc23)C(=O)c2ccc3ccccc3n2)n(C)n1. The van der Waals surface area contributed by atoms with Gasteiger partial charge in [0.1, 0.15) is 5.69 Å². The van der Waals surface area contributed by atoms with Gasteiger partial charge < -0.3 is 9.88 Å². The molecule has 5 aromatic rings. The number of carbonyl (C=O) groups excluding carboxylic acids is 1. The van der Waals surface area contributed by atoms with Crippen LogP contribution in [0.3, 0.4) is 0 Å². The van der Waals surface area contributed by atoms with Crippen LogP contribution in [0.1, 0.15) is 27.4 Å². The number of para-hydroxylation sites is 2. The maximum Gasteiger partial charge on any atom is 0.272 e. The van der Waals surface area contributed by atoms with Gasteiger partial charge in [0.2, 0.25) is 0 Å². The van der Waals surface area contributed by atoms with Gasteiger partial charge in [-0.3, -0.25) is 9.48 Å². The fourth-order valence-electron chi connectivity index (χ4n) is 4.20. The van der Waals surface area contributed by atoms with Crippen molar-refractivity contribution >= 4 is 27.7 Å². The number of hydrogen-bond acceptors (Lipinski definition) is 3. The fraction of sp³-hybridized carbons (Fsp3) is 0.192. The third kappa shape index (κ3) is 3.87. The van der Waals surface area contributed by atoms with Crippen molar-refractivity contribution in [1.29, 1.82) is 0 Å². The first kappa shape index (κ1) is 20.0. The highest BCUT2D eigenvalue weighted by Gasteiger charge is 2.20. The molecule has 0 aliphatic rings. The molecule has 1 N–H and O–H groups in total. The highest BCUT2D eigenvalue weighted by Crippen LogP contribution is 2.20. The van der Waals surface area contributed by atoms with Gasteiger partial charge in [0.15, 0.2) is 0 Å². The van der Waals surface area contributed by atoms with Gasteiger partial charge in [-0.25, -0.2) is 4.98 Å². The number of aromatic amines is 1. The summed E-state index contributed by atoms with van der Waals surface area (Å²) in [6, 6.07) is 21.9. The van der Waals surface area contributed by atoms with Crippen LogP contribution in [0, 0.1) is 6.92 Å². The standard InChI is InChI=1S/C26H25N5O/c1-18-15-21(30(2)29-18)17-31(14-13-20-16-27-24-10-6-4-8-22(20)24)26(32)25-12-11-19-7-3-5-9-23(19)28-25/h3-12,15-16,27H,13-14,17H2,1-2H3. The Morgan fingerprint density at radius 1 is 1.06 bits per heavy atom. The molecule has 0 aliphatic heterocycles. The van der Waals surface area contributed by atoms with Gasteiger partial charge in [0.05, 0.1) is 23.4 Å². The molecule has 0 saturated carbocycles. The van der Waals surface area contributed by atoms with Crippen LogP contribution in [0.15, 0.2) is 72.9 Å². The fourth-order valence-corrected chi connectivity index (χ4v) is 4.20. The molecule has 0 spiro atoms. The van der Waals surface area contributed by atoms with Crippen LogP contribution in [-0.2, 0) is 20.0 Å². The lowest BCUT2D eigenvalue weighted by Gasteiger charge is -2.22. The van der Waals surface area contributed by atoms with E-state index in [1.54, 1.807) is 0 Å². The van der Waals surface area contributed by atoms with Crippen LogP contribution in [0.4, 0.5) is 0 Å². The van der Waals surface area contributed by atoms with E-state index in [1.165, 1.54) is 10.9 Å². The average molecular weight is 424 g/mol. The summed E-state index contributed by atoms with van der Waals surface area (Å²) in [4.78, 5) is 23.4. The minimum absolute atomic E-state index is 0.0746. The topological polar surface area (TPSA) is 66.8 Å². The Bertz CT molecular complexity index is 1410. The Balaban J connectivity index is 1.45. The molecule has 160 valence electrons. The molecule has 6 nitrogen and oxygen atoms in total. The molecule has 6 heteroatoms. The molecule has 2 aromatic carbocycles. The molecule has 1 amide bonds. The van der Waals surface area contributed by atoms with E-state index < -0.39 is 0 Å². The van der Waals surface area contributed by atoms with E-state index in [2.05, 4.69) is 27.2 Å². The molecule has 5 rings (SSSR count). The normalized spacial score (nSPS) is 11.3. The molecule has 0 bridgehead atoms. The summed E-state index contributed by atoms with van der Waals surface area (Å²) in [5.74, 6) is -0.0746. The second kappa shape index (κ2) is 8.30. The summed E-state index contributed by atoms with van der Waals surface area (Å²) in [6.07, 6.45) is 2.79. The lowest BCUT2D eigenvalue weighted by atomic mass is 10.1. The van der Waals surface area contributed by atoms with Crippen molar-refractivity contribution in [3.63, 3.8) is 0 Å². The lowest BCUT2D eigenvalue weighted by Crippen LogP contribution is -2.33. The largest absolute Gasteiger partial charge is 0.361 e. The van der Waals surface area contributed by atoms with Crippen molar-refractivity contribution in [2.45, 2.75) is 19.9 Å². The van der Waals surface area contributed by atoms with Crippen LogP contribution in [-0.4, -0.2) is 37.1 Å². The quantitative estimate of drug-likeness (QED) is 0.433. The zero-order valence-corrected chi connectivity index (χ0v) is 18.2. The molecule has 0 atom stereocenters. The molecule has 0 fully saturated rings. The van der Waals surface area contributed by atoms with Crippen LogP contribution >= 0.6 is 0 Å². The number of benzene rings is 2. The molecule has 3 heterocycles. The van der Waals surface area contributed by atoms with Gasteiger partial charge in [-0.15, -0.1) is 0 Å². The molecule has 0 saturated heterocycles. The van der Waals surface area contributed by atoms with Gasteiger partial charge in [0, 0.05) is 36.1 Å². The Kier molecular flexibility index (Phi) is 5.19. The van der Waals surface area contributed by atoms with Crippen LogP contribution in [0.25, 0.3) is 21.8 Å². The number of H-pyrrole nitrogens is 1. The Morgan fingerprint density at radius 2 is 1.88 bits per heavy atom. The van der Waals surface area contributed by atoms with Crippen LogP contribution in [0.5, 0.6) is 0 Å². The van der Waals surface area contributed by atoms with Crippen molar-refractivity contribution in [3.8, 4) is 0 Å². The van der Waals surface area contributed by atoms with Crippen LogP contribution in [0.2, 0.25) is 0 Å².